The first-order chi connectivity index (χ1) is 22.5. The van der Waals surface area contributed by atoms with Gasteiger partial charge in [-0.05, 0) is 73.9 Å². The zero-order valence-corrected chi connectivity index (χ0v) is 30.0. The first kappa shape index (κ1) is 33.6. The highest BCUT2D eigenvalue weighted by Gasteiger charge is 2.57. The minimum atomic E-state index is -0.905. The lowest BCUT2D eigenvalue weighted by atomic mass is 9.64. The third-order valence-corrected chi connectivity index (χ3v) is 9.95. The lowest BCUT2D eigenvalue weighted by Gasteiger charge is -2.55. The third kappa shape index (κ3) is 5.75. The van der Waals surface area contributed by atoms with Gasteiger partial charge in [-0.1, -0.05) is 55.4 Å². The van der Waals surface area contributed by atoms with Gasteiger partial charge >= 0.3 is 0 Å². The van der Waals surface area contributed by atoms with Crippen LogP contribution in [0.1, 0.15) is 136 Å². The molecule has 2 saturated heterocycles. The average molecular weight is 649 g/mol. The summed E-state index contributed by atoms with van der Waals surface area (Å²) in [6, 6.07) is 11.0. The second-order valence-electron chi connectivity index (χ2n) is 15.8. The highest BCUT2D eigenvalue weighted by atomic mass is 16.2. The minimum Gasteiger partial charge on any atom is -0.337 e. The van der Waals surface area contributed by atoms with Gasteiger partial charge in [0.2, 0.25) is 0 Å². The summed E-state index contributed by atoms with van der Waals surface area (Å²) in [5.74, 6) is 0.703. The number of piperidine rings is 2. The monoisotopic (exact) mass is 648 g/mol. The van der Waals surface area contributed by atoms with Crippen LogP contribution < -0.4 is 0 Å². The maximum atomic E-state index is 14.0. The highest BCUT2D eigenvalue weighted by Crippen LogP contribution is 2.43. The van der Waals surface area contributed by atoms with E-state index in [-0.39, 0.29) is 67.4 Å². The molecule has 0 aliphatic carbocycles. The number of fused-ring (bicyclic) bond motifs is 4. The Morgan fingerprint density at radius 1 is 0.542 bits per heavy atom. The molecular weight excluding hydrogens is 600 g/mol. The fourth-order valence-corrected chi connectivity index (χ4v) is 7.69. The van der Waals surface area contributed by atoms with E-state index in [2.05, 4.69) is 55.4 Å². The summed E-state index contributed by atoms with van der Waals surface area (Å²) < 4.78 is 0. The number of likely N-dealkylation sites (tertiary alicyclic amines) is 2. The van der Waals surface area contributed by atoms with Crippen LogP contribution in [-0.2, 0) is 4.79 Å². The standard InChI is InChI=1S/C39H48N6O3/c1-21(2)31-33(23(5)6)42-29-15-25(11-13-27(29)40-31)35(46)44-17-38(9)19-45(20-39(10,18-44)37(38)48)36(47)26-12-14-28-30(16-26)43-34(24(7)8)32(41-28)22(3)4/h11-16,21-24H,17-20H2,1-10H3. The molecule has 2 fully saturated rings. The largest absolute Gasteiger partial charge is 0.337 e. The number of nitrogens with zero attached hydrogens (tertiary/aromatic N) is 6. The zero-order valence-electron chi connectivity index (χ0n) is 30.0. The highest BCUT2D eigenvalue weighted by molar-refractivity contribution is 6.02. The topological polar surface area (TPSA) is 109 Å². The van der Waals surface area contributed by atoms with E-state index >= 15 is 0 Å². The van der Waals surface area contributed by atoms with Crippen molar-refractivity contribution in [2.45, 2.75) is 92.9 Å². The number of benzene rings is 2. The molecule has 9 nitrogen and oxygen atoms in total. The smallest absolute Gasteiger partial charge is 0.253 e. The average Bonchev–Trinajstić information content (AvgIpc) is 3.03. The van der Waals surface area contributed by atoms with Gasteiger partial charge in [-0.2, -0.15) is 0 Å². The van der Waals surface area contributed by atoms with E-state index in [1.165, 1.54) is 0 Å². The SMILES string of the molecule is CC(C)c1nc2ccc(C(=O)N3CC4(C)CN(C(=O)c5ccc6nc(C(C)C)c(C(C)C)nc6c5)CC(C)(C3)C4=O)cc2nc1C(C)C. The van der Waals surface area contributed by atoms with Gasteiger partial charge in [0, 0.05) is 37.3 Å². The van der Waals surface area contributed by atoms with Crippen LogP contribution in [0.5, 0.6) is 0 Å². The number of rotatable bonds is 6. The lowest BCUT2D eigenvalue weighted by Crippen LogP contribution is -2.69. The van der Waals surface area contributed by atoms with Crippen molar-refractivity contribution >= 4 is 39.7 Å². The van der Waals surface area contributed by atoms with Gasteiger partial charge in [0.05, 0.1) is 55.7 Å². The van der Waals surface area contributed by atoms with Crippen LogP contribution in [0.2, 0.25) is 0 Å². The molecule has 4 heterocycles. The third-order valence-electron chi connectivity index (χ3n) is 9.95. The number of carbonyl (C=O) groups is 3. The molecule has 0 spiro atoms. The molecule has 0 N–H and O–H groups in total. The first-order valence-corrected chi connectivity index (χ1v) is 17.3. The number of Topliss-reactive ketones (excluding diaryl/α,β-unsaturated/α-hetero) is 1. The van der Waals surface area contributed by atoms with Crippen molar-refractivity contribution in [2.75, 3.05) is 26.2 Å². The molecule has 2 aromatic heterocycles. The Balaban J connectivity index is 1.27. The van der Waals surface area contributed by atoms with E-state index in [9.17, 15) is 14.4 Å². The number of ketones is 1. The molecule has 4 aromatic rings. The Hall–Kier alpha value is -4.27. The van der Waals surface area contributed by atoms with Gasteiger partial charge in [-0.3, -0.25) is 14.4 Å². The van der Waals surface area contributed by atoms with Crippen molar-refractivity contribution in [1.29, 1.82) is 0 Å². The van der Waals surface area contributed by atoms with Crippen molar-refractivity contribution in [2.24, 2.45) is 10.8 Å². The van der Waals surface area contributed by atoms with Crippen molar-refractivity contribution in [3.05, 3.63) is 70.3 Å². The summed E-state index contributed by atoms with van der Waals surface area (Å²) in [5.41, 5.74) is 6.01. The Morgan fingerprint density at radius 2 is 0.833 bits per heavy atom. The molecule has 0 saturated carbocycles. The summed E-state index contributed by atoms with van der Waals surface area (Å²) in [4.78, 5) is 65.2. The van der Waals surface area contributed by atoms with Crippen LogP contribution >= 0.6 is 0 Å². The van der Waals surface area contributed by atoms with Gasteiger partial charge in [0.1, 0.15) is 0 Å². The van der Waals surface area contributed by atoms with Crippen LogP contribution in [0.3, 0.4) is 0 Å². The molecule has 9 heteroatoms. The summed E-state index contributed by atoms with van der Waals surface area (Å²) in [5, 5.41) is 0. The quantitative estimate of drug-likeness (QED) is 0.216. The number of amides is 2. The van der Waals surface area contributed by atoms with Crippen LogP contribution in [0, 0.1) is 10.8 Å². The van der Waals surface area contributed by atoms with E-state index in [1.54, 1.807) is 9.80 Å². The predicted octanol–water partition coefficient (Wildman–Crippen LogP) is 7.26. The molecule has 48 heavy (non-hydrogen) atoms. The number of hydrogen-bond acceptors (Lipinski definition) is 7. The molecular formula is C39H48N6O3. The summed E-state index contributed by atoms with van der Waals surface area (Å²) in [6.07, 6.45) is 0. The summed E-state index contributed by atoms with van der Waals surface area (Å²) in [7, 11) is 0. The van der Waals surface area contributed by atoms with E-state index < -0.39 is 10.8 Å². The fraction of sp³-hybridized carbons (Fsp3) is 0.513. The Kier molecular flexibility index (Phi) is 8.41. The van der Waals surface area contributed by atoms with Gasteiger partial charge < -0.3 is 9.80 Å². The van der Waals surface area contributed by atoms with Crippen molar-refractivity contribution in [3.63, 3.8) is 0 Å². The van der Waals surface area contributed by atoms with Crippen LogP contribution in [0.4, 0.5) is 0 Å². The number of aromatic nitrogens is 4. The lowest BCUT2D eigenvalue weighted by molar-refractivity contribution is -0.153. The number of hydrogen-bond donors (Lipinski definition) is 0. The predicted molar refractivity (Wildman–Crippen MR) is 188 cm³/mol. The normalized spacial score (nSPS) is 21.4. The molecule has 2 aromatic carbocycles. The second kappa shape index (κ2) is 12.0. The fourth-order valence-electron chi connectivity index (χ4n) is 7.69. The molecule has 6 rings (SSSR count). The van der Waals surface area contributed by atoms with Crippen LogP contribution in [0.15, 0.2) is 36.4 Å². The van der Waals surface area contributed by atoms with Crippen LogP contribution in [0.25, 0.3) is 22.1 Å². The van der Waals surface area contributed by atoms with Crippen LogP contribution in [-0.4, -0.2) is 73.5 Å². The van der Waals surface area contributed by atoms with Gasteiger partial charge in [-0.25, -0.2) is 19.9 Å². The maximum Gasteiger partial charge on any atom is 0.253 e. The molecule has 2 aliphatic rings. The molecule has 2 amide bonds. The van der Waals surface area contributed by atoms with Crippen molar-refractivity contribution in [1.82, 2.24) is 29.7 Å². The Morgan fingerprint density at radius 3 is 1.12 bits per heavy atom. The van der Waals surface area contributed by atoms with E-state index in [1.807, 2.05) is 50.2 Å². The number of carbonyl (C=O) groups excluding carboxylic acids is 3. The second-order valence-corrected chi connectivity index (χ2v) is 15.8. The van der Waals surface area contributed by atoms with Crippen molar-refractivity contribution < 1.29 is 14.4 Å². The van der Waals surface area contributed by atoms with E-state index in [4.69, 9.17) is 19.9 Å². The van der Waals surface area contributed by atoms with E-state index in [0.717, 1.165) is 33.8 Å². The zero-order chi connectivity index (χ0) is 34.9. The first-order valence-electron chi connectivity index (χ1n) is 17.3. The molecule has 0 atom stereocenters. The summed E-state index contributed by atoms with van der Waals surface area (Å²) in [6.45, 7) is 21.6. The molecule has 252 valence electrons. The van der Waals surface area contributed by atoms with Gasteiger partial charge in [-0.15, -0.1) is 0 Å². The molecule has 2 bridgehead atoms. The maximum absolute atomic E-state index is 14.0. The van der Waals surface area contributed by atoms with Gasteiger partial charge in [0.25, 0.3) is 11.8 Å². The minimum absolute atomic E-state index is 0.0995. The Bertz CT molecular complexity index is 1810. The van der Waals surface area contributed by atoms with Gasteiger partial charge in [0.15, 0.2) is 5.78 Å². The molecule has 0 radical (unpaired) electrons. The summed E-state index contributed by atoms with van der Waals surface area (Å²) >= 11 is 0. The van der Waals surface area contributed by atoms with E-state index in [0.29, 0.717) is 22.2 Å². The van der Waals surface area contributed by atoms with Crippen molar-refractivity contribution in [3.8, 4) is 0 Å². The molecule has 0 unspecified atom stereocenters. The molecule has 2 aliphatic heterocycles. The Labute approximate surface area is 283 Å².